The highest BCUT2D eigenvalue weighted by Gasteiger charge is 2.22. The first-order chi connectivity index (χ1) is 32.3. The molecule has 0 radical (unpaired) electrons. The number of aromatic nitrogens is 4. The van der Waals surface area contributed by atoms with Crippen LogP contribution in [0.1, 0.15) is 0 Å². The Hall–Kier alpha value is -8.73. The van der Waals surface area contributed by atoms with Gasteiger partial charge in [-0.1, -0.05) is 188 Å². The minimum atomic E-state index is 0.628. The molecule has 65 heavy (non-hydrogen) atoms. The molecule has 0 aliphatic rings. The van der Waals surface area contributed by atoms with Gasteiger partial charge in [0.05, 0.1) is 11.0 Å². The number of para-hydroxylation sites is 2. The van der Waals surface area contributed by atoms with Crippen molar-refractivity contribution in [3.05, 3.63) is 231 Å². The average Bonchev–Trinajstić information content (AvgIpc) is 3.73. The van der Waals surface area contributed by atoms with E-state index in [-0.39, 0.29) is 0 Å². The lowest BCUT2D eigenvalue weighted by Gasteiger charge is -2.18. The number of rotatable bonds is 6. The summed E-state index contributed by atoms with van der Waals surface area (Å²) in [5.41, 5.74) is 11.0. The molecular weight excluding hydrogens is 789 g/mol. The third-order valence-corrected chi connectivity index (χ3v) is 13.0. The Bertz CT molecular complexity index is 3990. The molecule has 0 atom stereocenters. The van der Waals surface area contributed by atoms with Crippen LogP contribution in [0.4, 0.5) is 0 Å². The van der Waals surface area contributed by atoms with Gasteiger partial charge in [0.25, 0.3) is 0 Å². The maximum absolute atomic E-state index is 5.42. The van der Waals surface area contributed by atoms with Crippen molar-refractivity contribution in [1.82, 2.24) is 19.5 Å². The van der Waals surface area contributed by atoms with E-state index in [1.54, 1.807) is 0 Å². The Balaban J connectivity index is 1.05. The van der Waals surface area contributed by atoms with Crippen LogP contribution in [0, 0.1) is 0 Å². The summed E-state index contributed by atoms with van der Waals surface area (Å²) >= 11 is 0. The van der Waals surface area contributed by atoms with Crippen molar-refractivity contribution in [3.63, 3.8) is 0 Å². The Morgan fingerprint density at radius 2 is 0.692 bits per heavy atom. The summed E-state index contributed by atoms with van der Waals surface area (Å²) in [7, 11) is 0. The fourth-order valence-corrected chi connectivity index (χ4v) is 10.2. The van der Waals surface area contributed by atoms with Crippen molar-refractivity contribution in [3.8, 4) is 62.1 Å². The number of hydrogen-bond acceptors (Lipinski definition) is 3. The number of benzene rings is 11. The molecule has 0 saturated heterocycles. The van der Waals surface area contributed by atoms with Gasteiger partial charge in [-0.05, 0) is 108 Å². The van der Waals surface area contributed by atoms with Gasteiger partial charge in [0.2, 0.25) is 0 Å². The van der Waals surface area contributed by atoms with Crippen molar-refractivity contribution < 1.29 is 0 Å². The fraction of sp³-hybridized carbons (Fsp3) is 0. The second kappa shape index (κ2) is 15.0. The number of hydrogen-bond donors (Lipinski definition) is 0. The molecule has 13 rings (SSSR count). The lowest BCUT2D eigenvalue weighted by atomic mass is 9.86. The molecule has 0 amide bonds. The zero-order valence-corrected chi connectivity index (χ0v) is 35.2. The van der Waals surface area contributed by atoms with Gasteiger partial charge in [0, 0.05) is 33.2 Å². The van der Waals surface area contributed by atoms with Gasteiger partial charge in [-0.15, -0.1) is 0 Å². The summed E-state index contributed by atoms with van der Waals surface area (Å²) in [6.07, 6.45) is 0. The highest BCUT2D eigenvalue weighted by molar-refractivity contribution is 6.25. The van der Waals surface area contributed by atoms with E-state index in [9.17, 15) is 0 Å². The standard InChI is InChI=1S/C61H38N4/c1-4-19-39(20-5-1)52-37-54-47-30-15-14-29-46(47)53(38-55(54)45-28-13-12-27-44(45)52)48-35-36-49(43-26-11-10-25-42(43)48)60-62-59(40-21-6-2-7-22-40)63-61(64-60)51-32-18-34-57-58(51)50-31-16-17-33-56(50)65(57)41-23-8-3-9-24-41/h1-38H. The quantitative estimate of drug-likeness (QED) is 0.157. The van der Waals surface area contributed by atoms with Crippen molar-refractivity contribution in [2.45, 2.75) is 0 Å². The molecule has 0 aliphatic carbocycles. The van der Waals surface area contributed by atoms with Gasteiger partial charge in [-0.3, -0.25) is 0 Å². The molecule has 0 bridgehead atoms. The molecule has 4 nitrogen and oxygen atoms in total. The lowest BCUT2D eigenvalue weighted by Crippen LogP contribution is -2.01. The molecule has 302 valence electrons. The molecule has 2 heterocycles. The van der Waals surface area contributed by atoms with Crippen LogP contribution >= 0.6 is 0 Å². The van der Waals surface area contributed by atoms with Gasteiger partial charge < -0.3 is 4.57 Å². The van der Waals surface area contributed by atoms with E-state index in [1.807, 2.05) is 18.2 Å². The van der Waals surface area contributed by atoms with Gasteiger partial charge in [0.15, 0.2) is 17.5 Å². The van der Waals surface area contributed by atoms with E-state index in [4.69, 9.17) is 15.0 Å². The topological polar surface area (TPSA) is 43.6 Å². The zero-order chi connectivity index (χ0) is 42.8. The number of fused-ring (bicyclic) bond motifs is 9. The second-order valence-corrected chi connectivity index (χ2v) is 16.7. The first-order valence-corrected chi connectivity index (χ1v) is 22.1. The molecule has 0 aliphatic heterocycles. The third-order valence-electron chi connectivity index (χ3n) is 13.0. The first-order valence-electron chi connectivity index (χ1n) is 22.1. The summed E-state index contributed by atoms with van der Waals surface area (Å²) in [5, 5.41) is 11.9. The summed E-state index contributed by atoms with van der Waals surface area (Å²) in [6.45, 7) is 0. The van der Waals surface area contributed by atoms with Gasteiger partial charge in [-0.2, -0.15) is 0 Å². The normalized spacial score (nSPS) is 11.7. The van der Waals surface area contributed by atoms with E-state index in [0.29, 0.717) is 17.5 Å². The fourth-order valence-electron chi connectivity index (χ4n) is 10.2. The van der Waals surface area contributed by atoms with Gasteiger partial charge >= 0.3 is 0 Å². The van der Waals surface area contributed by atoms with Crippen LogP contribution in [-0.4, -0.2) is 19.5 Å². The summed E-state index contributed by atoms with van der Waals surface area (Å²) in [5.74, 6) is 1.89. The summed E-state index contributed by atoms with van der Waals surface area (Å²) in [6, 6.07) is 82.3. The molecule has 0 fully saturated rings. The lowest BCUT2D eigenvalue weighted by molar-refractivity contribution is 1.08. The van der Waals surface area contributed by atoms with E-state index >= 15 is 0 Å². The minimum Gasteiger partial charge on any atom is -0.309 e. The molecule has 0 N–H and O–H groups in total. The van der Waals surface area contributed by atoms with E-state index in [0.717, 1.165) is 60.5 Å². The van der Waals surface area contributed by atoms with Crippen molar-refractivity contribution in [2.24, 2.45) is 0 Å². The van der Waals surface area contributed by atoms with Crippen molar-refractivity contribution in [2.75, 3.05) is 0 Å². The van der Waals surface area contributed by atoms with Gasteiger partial charge in [0.1, 0.15) is 0 Å². The predicted molar refractivity (Wildman–Crippen MR) is 271 cm³/mol. The van der Waals surface area contributed by atoms with E-state index < -0.39 is 0 Å². The molecular formula is C61H38N4. The first kappa shape index (κ1) is 36.9. The van der Waals surface area contributed by atoms with Crippen LogP contribution in [0.5, 0.6) is 0 Å². The molecule has 13 aromatic rings. The maximum atomic E-state index is 5.42. The van der Waals surface area contributed by atoms with Gasteiger partial charge in [-0.25, -0.2) is 15.0 Å². The van der Waals surface area contributed by atoms with Crippen molar-refractivity contribution in [1.29, 1.82) is 0 Å². The molecule has 2 aromatic heterocycles. The summed E-state index contributed by atoms with van der Waals surface area (Å²) < 4.78 is 2.34. The monoisotopic (exact) mass is 826 g/mol. The Labute approximate surface area is 375 Å². The van der Waals surface area contributed by atoms with Crippen LogP contribution < -0.4 is 0 Å². The SMILES string of the molecule is c1ccc(-c2nc(-c3ccc(-c4cc5c6ccccc6c(-c6ccccc6)cc5c5ccccc45)c4ccccc34)nc(-c3cccc4c3c3ccccc3n4-c3ccccc3)n2)cc1. The molecule has 0 saturated carbocycles. The Kier molecular flexibility index (Phi) is 8.50. The van der Waals surface area contributed by atoms with Crippen LogP contribution in [0.15, 0.2) is 231 Å². The van der Waals surface area contributed by atoms with E-state index in [1.165, 1.54) is 49.0 Å². The van der Waals surface area contributed by atoms with Crippen LogP contribution in [0.2, 0.25) is 0 Å². The largest absolute Gasteiger partial charge is 0.309 e. The number of nitrogens with zero attached hydrogens (tertiary/aromatic N) is 4. The minimum absolute atomic E-state index is 0.628. The predicted octanol–water partition coefficient (Wildman–Crippen LogP) is 15.9. The summed E-state index contributed by atoms with van der Waals surface area (Å²) in [4.78, 5) is 16.0. The van der Waals surface area contributed by atoms with Crippen molar-refractivity contribution >= 4 is 64.9 Å². The smallest absolute Gasteiger partial charge is 0.164 e. The average molecular weight is 827 g/mol. The van der Waals surface area contributed by atoms with Crippen LogP contribution in [-0.2, 0) is 0 Å². The highest BCUT2D eigenvalue weighted by atomic mass is 15.0. The van der Waals surface area contributed by atoms with Crippen LogP contribution in [0.3, 0.4) is 0 Å². The highest BCUT2D eigenvalue weighted by Crippen LogP contribution is 2.45. The molecule has 4 heteroatoms. The zero-order valence-electron chi connectivity index (χ0n) is 35.2. The van der Waals surface area contributed by atoms with E-state index in [2.05, 4.69) is 217 Å². The second-order valence-electron chi connectivity index (χ2n) is 16.7. The Morgan fingerprint density at radius 3 is 1.35 bits per heavy atom. The molecule has 0 spiro atoms. The third kappa shape index (κ3) is 5.96. The van der Waals surface area contributed by atoms with Crippen LogP contribution in [0.25, 0.3) is 127 Å². The Morgan fingerprint density at radius 1 is 0.246 bits per heavy atom. The molecule has 11 aromatic carbocycles. The maximum Gasteiger partial charge on any atom is 0.164 e. The molecule has 0 unspecified atom stereocenters.